The van der Waals surface area contributed by atoms with Crippen LogP contribution in [0.3, 0.4) is 0 Å². The first-order valence-corrected chi connectivity index (χ1v) is 7.76. The normalized spacial score (nSPS) is 22.9. The minimum Gasteiger partial charge on any atom is -0.316 e. The molecule has 1 nitrogen and oxygen atoms in total. The quantitative estimate of drug-likeness (QED) is 0.872. The average Bonchev–Trinajstić information content (AvgIpc) is 2.84. The van der Waals surface area contributed by atoms with E-state index in [0.717, 1.165) is 32.0 Å². The van der Waals surface area contributed by atoms with Gasteiger partial charge in [-0.3, -0.25) is 0 Å². The van der Waals surface area contributed by atoms with Crippen molar-refractivity contribution in [3.8, 4) is 0 Å². The van der Waals surface area contributed by atoms with Crippen molar-refractivity contribution >= 4 is 0 Å². The first kappa shape index (κ1) is 14.0. The molecule has 20 heavy (non-hydrogen) atoms. The fraction of sp³-hybridized carbons (Fsp3) is 0.647. The van der Waals surface area contributed by atoms with Crippen molar-refractivity contribution in [1.29, 1.82) is 0 Å². The van der Waals surface area contributed by atoms with Gasteiger partial charge in [0.2, 0.25) is 0 Å². The molecule has 0 atom stereocenters. The van der Waals surface area contributed by atoms with E-state index in [2.05, 4.69) is 12.2 Å². The zero-order valence-electron chi connectivity index (χ0n) is 12.1. The summed E-state index contributed by atoms with van der Waals surface area (Å²) in [4.78, 5) is 0. The first-order valence-electron chi connectivity index (χ1n) is 7.76. The van der Waals surface area contributed by atoms with Gasteiger partial charge in [-0.25, -0.2) is 8.78 Å². The molecule has 0 aromatic heterocycles. The van der Waals surface area contributed by atoms with E-state index in [1.54, 1.807) is 6.07 Å². The van der Waals surface area contributed by atoms with Crippen molar-refractivity contribution in [2.24, 2.45) is 5.41 Å². The highest BCUT2D eigenvalue weighted by Crippen LogP contribution is 2.63. The van der Waals surface area contributed by atoms with Crippen molar-refractivity contribution in [3.63, 3.8) is 0 Å². The largest absolute Gasteiger partial charge is 0.316 e. The lowest BCUT2D eigenvalue weighted by atomic mass is 9.49. The monoisotopic (exact) mass is 279 g/mol. The average molecular weight is 279 g/mol. The third-order valence-electron chi connectivity index (χ3n) is 5.31. The van der Waals surface area contributed by atoms with E-state index in [0.29, 0.717) is 11.0 Å². The highest BCUT2D eigenvalue weighted by molar-refractivity contribution is 5.33. The van der Waals surface area contributed by atoms with Crippen LogP contribution >= 0.6 is 0 Å². The number of rotatable bonds is 4. The molecule has 2 aliphatic rings. The van der Waals surface area contributed by atoms with Crippen LogP contribution in [-0.4, -0.2) is 13.1 Å². The lowest BCUT2D eigenvalue weighted by Crippen LogP contribution is -2.54. The van der Waals surface area contributed by atoms with Crippen molar-refractivity contribution in [2.75, 3.05) is 13.1 Å². The fourth-order valence-electron chi connectivity index (χ4n) is 4.56. The summed E-state index contributed by atoms with van der Waals surface area (Å²) in [6.07, 6.45) is 7.28. The summed E-state index contributed by atoms with van der Waals surface area (Å²) in [6, 6.07) is 4.08. The molecule has 0 aliphatic heterocycles. The molecule has 1 aromatic carbocycles. The van der Waals surface area contributed by atoms with Crippen LogP contribution in [0, 0.1) is 17.0 Å². The molecule has 3 heteroatoms. The Kier molecular flexibility index (Phi) is 3.57. The van der Waals surface area contributed by atoms with Gasteiger partial charge in [-0.1, -0.05) is 25.8 Å². The molecule has 3 rings (SSSR count). The molecule has 0 heterocycles. The number of hydrogen-bond donors (Lipinski definition) is 1. The Morgan fingerprint density at radius 3 is 2.45 bits per heavy atom. The van der Waals surface area contributed by atoms with E-state index in [-0.39, 0.29) is 11.2 Å². The summed E-state index contributed by atoms with van der Waals surface area (Å²) >= 11 is 0. The standard InChI is InChI=1S/C17H23F2N/c1-2-20-12-17(10-16(11-17)7-3-4-8-16)14-6-5-13(18)9-15(14)19/h5-6,9,20H,2-4,7-8,10-12H2,1H3. The summed E-state index contributed by atoms with van der Waals surface area (Å²) in [7, 11) is 0. The second kappa shape index (κ2) is 5.10. The van der Waals surface area contributed by atoms with Gasteiger partial charge in [0, 0.05) is 18.0 Å². The predicted octanol–water partition coefficient (Wildman–Crippen LogP) is 4.17. The Morgan fingerprint density at radius 1 is 1.15 bits per heavy atom. The summed E-state index contributed by atoms with van der Waals surface area (Å²) in [5.41, 5.74) is 1.02. The summed E-state index contributed by atoms with van der Waals surface area (Å²) in [5.74, 6) is -0.865. The molecular formula is C17H23F2N. The van der Waals surface area contributed by atoms with E-state index in [9.17, 15) is 8.78 Å². The van der Waals surface area contributed by atoms with Gasteiger partial charge < -0.3 is 5.32 Å². The SMILES string of the molecule is CCNCC1(c2ccc(F)cc2F)CC2(CCCC2)C1. The molecule has 2 saturated carbocycles. The van der Waals surface area contributed by atoms with Gasteiger partial charge >= 0.3 is 0 Å². The smallest absolute Gasteiger partial charge is 0.129 e. The maximum atomic E-state index is 14.2. The van der Waals surface area contributed by atoms with Crippen molar-refractivity contribution in [2.45, 2.75) is 50.9 Å². The van der Waals surface area contributed by atoms with Gasteiger partial charge in [0.05, 0.1) is 0 Å². The molecule has 0 unspecified atom stereocenters. The van der Waals surface area contributed by atoms with Crippen molar-refractivity contribution in [3.05, 3.63) is 35.4 Å². The van der Waals surface area contributed by atoms with Crippen LogP contribution in [-0.2, 0) is 5.41 Å². The van der Waals surface area contributed by atoms with Crippen LogP contribution in [0.15, 0.2) is 18.2 Å². The Morgan fingerprint density at radius 2 is 1.85 bits per heavy atom. The second-order valence-corrected chi connectivity index (χ2v) is 6.75. The molecule has 2 aliphatic carbocycles. The maximum absolute atomic E-state index is 14.2. The van der Waals surface area contributed by atoms with Gasteiger partial charge in [-0.15, -0.1) is 0 Å². The lowest BCUT2D eigenvalue weighted by Gasteiger charge is -2.56. The highest BCUT2D eigenvalue weighted by Gasteiger charge is 2.56. The summed E-state index contributed by atoms with van der Waals surface area (Å²) in [5, 5.41) is 3.38. The van der Waals surface area contributed by atoms with Crippen molar-refractivity contribution in [1.82, 2.24) is 5.32 Å². The third-order valence-corrected chi connectivity index (χ3v) is 5.31. The van der Waals surface area contributed by atoms with Crippen LogP contribution < -0.4 is 5.32 Å². The maximum Gasteiger partial charge on any atom is 0.129 e. The first-order chi connectivity index (χ1) is 9.59. The molecular weight excluding hydrogens is 256 g/mol. The van der Waals surface area contributed by atoms with Crippen molar-refractivity contribution < 1.29 is 8.78 Å². The Bertz CT molecular complexity index is 484. The lowest BCUT2D eigenvalue weighted by molar-refractivity contribution is 0.0249. The molecule has 0 bridgehead atoms. The number of hydrogen-bond acceptors (Lipinski definition) is 1. The fourth-order valence-corrected chi connectivity index (χ4v) is 4.56. The van der Waals surface area contributed by atoms with Gasteiger partial charge in [0.1, 0.15) is 11.6 Å². The molecule has 1 spiro atoms. The van der Waals surface area contributed by atoms with E-state index < -0.39 is 5.82 Å². The van der Waals surface area contributed by atoms with Crippen LogP contribution in [0.1, 0.15) is 51.0 Å². The predicted molar refractivity (Wildman–Crippen MR) is 76.7 cm³/mol. The zero-order valence-corrected chi connectivity index (χ0v) is 12.1. The third kappa shape index (κ3) is 2.26. The molecule has 2 fully saturated rings. The summed E-state index contributed by atoms with van der Waals surface area (Å²) in [6.45, 7) is 3.75. The molecule has 1 N–H and O–H groups in total. The van der Waals surface area contributed by atoms with Gasteiger partial charge in [0.15, 0.2) is 0 Å². The molecule has 0 radical (unpaired) electrons. The Balaban J connectivity index is 1.87. The molecule has 1 aromatic rings. The topological polar surface area (TPSA) is 12.0 Å². The van der Waals surface area contributed by atoms with E-state index in [4.69, 9.17) is 0 Å². The minimum absolute atomic E-state index is 0.127. The van der Waals surface area contributed by atoms with Crippen LogP contribution in [0.2, 0.25) is 0 Å². The van der Waals surface area contributed by atoms with E-state index in [1.165, 1.54) is 31.7 Å². The highest BCUT2D eigenvalue weighted by atomic mass is 19.1. The molecule has 110 valence electrons. The second-order valence-electron chi connectivity index (χ2n) is 6.75. The minimum atomic E-state index is -0.486. The molecule has 0 saturated heterocycles. The number of likely N-dealkylation sites (N-methyl/N-ethyl adjacent to an activating group) is 1. The van der Waals surface area contributed by atoms with Gasteiger partial charge in [-0.2, -0.15) is 0 Å². The van der Waals surface area contributed by atoms with Crippen LogP contribution in [0.4, 0.5) is 8.78 Å². The number of nitrogens with one attached hydrogen (secondary N) is 1. The van der Waals surface area contributed by atoms with Crippen LogP contribution in [0.25, 0.3) is 0 Å². The number of benzene rings is 1. The summed E-state index contributed by atoms with van der Waals surface area (Å²) < 4.78 is 27.3. The van der Waals surface area contributed by atoms with E-state index in [1.807, 2.05) is 0 Å². The van der Waals surface area contributed by atoms with Gasteiger partial charge in [0.25, 0.3) is 0 Å². The number of halogens is 2. The zero-order chi connectivity index (χ0) is 14.2. The molecule has 0 amide bonds. The van der Waals surface area contributed by atoms with Gasteiger partial charge in [-0.05, 0) is 49.3 Å². The van der Waals surface area contributed by atoms with Crippen LogP contribution in [0.5, 0.6) is 0 Å². The van der Waals surface area contributed by atoms with E-state index >= 15 is 0 Å². The Labute approximate surface area is 119 Å². The Hall–Kier alpha value is -0.960.